The van der Waals surface area contributed by atoms with Gasteiger partial charge in [-0.05, 0) is 51.0 Å². The Bertz CT molecular complexity index is 879. The lowest BCUT2D eigenvalue weighted by molar-refractivity contribution is 0.0941. The van der Waals surface area contributed by atoms with Gasteiger partial charge in [0.1, 0.15) is 5.65 Å². The summed E-state index contributed by atoms with van der Waals surface area (Å²) in [5.41, 5.74) is 5.60. The second-order valence-corrected chi connectivity index (χ2v) is 6.01. The largest absolute Gasteiger partial charge is 0.345 e. The van der Waals surface area contributed by atoms with Crippen LogP contribution in [-0.4, -0.2) is 15.3 Å². The Balaban J connectivity index is 1.91. The van der Waals surface area contributed by atoms with Crippen molar-refractivity contribution < 1.29 is 4.79 Å². The predicted molar refractivity (Wildman–Crippen MR) is 91.7 cm³/mol. The average molecular weight is 307 g/mol. The first-order valence-corrected chi connectivity index (χ1v) is 7.79. The summed E-state index contributed by atoms with van der Waals surface area (Å²) in [4.78, 5) is 17.2. The van der Waals surface area contributed by atoms with Gasteiger partial charge < -0.3 is 9.72 Å². The Morgan fingerprint density at radius 3 is 2.65 bits per heavy atom. The van der Waals surface area contributed by atoms with E-state index in [1.165, 1.54) is 5.56 Å². The first kappa shape index (κ1) is 15.3. The molecule has 1 aromatic carbocycles. The van der Waals surface area contributed by atoms with Gasteiger partial charge in [0.05, 0.1) is 11.6 Å². The summed E-state index contributed by atoms with van der Waals surface area (Å²) in [7, 11) is 0. The Kier molecular flexibility index (Phi) is 3.90. The van der Waals surface area contributed by atoms with Crippen LogP contribution in [0.2, 0.25) is 0 Å². The topological polar surface area (TPSA) is 46.4 Å². The fraction of sp³-hybridized carbons (Fsp3) is 0.263. The van der Waals surface area contributed by atoms with Crippen LogP contribution in [0.3, 0.4) is 0 Å². The Morgan fingerprint density at radius 2 is 1.91 bits per heavy atom. The van der Waals surface area contributed by atoms with E-state index in [0.29, 0.717) is 11.2 Å². The van der Waals surface area contributed by atoms with E-state index in [-0.39, 0.29) is 11.9 Å². The lowest BCUT2D eigenvalue weighted by atomic mass is 10.0. The standard InChI is InChI=1S/C19H21N3O/c1-12-7-5-6-8-16(12)15(4)21-19(23)17-9-10-22-14(3)11-13(2)20-18(17)22/h5-11,15H,1-4H3,(H,21,23)/t15-/m1/s1. The number of aryl methyl sites for hydroxylation is 3. The van der Waals surface area contributed by atoms with E-state index in [1.54, 1.807) is 0 Å². The number of aromatic nitrogens is 2. The van der Waals surface area contributed by atoms with Gasteiger partial charge in [0.25, 0.3) is 5.91 Å². The maximum atomic E-state index is 12.7. The van der Waals surface area contributed by atoms with Gasteiger partial charge in [-0.3, -0.25) is 4.79 Å². The molecule has 0 aliphatic rings. The Hall–Kier alpha value is -2.62. The van der Waals surface area contributed by atoms with E-state index in [1.807, 2.05) is 61.7 Å². The molecule has 0 aliphatic carbocycles. The van der Waals surface area contributed by atoms with E-state index >= 15 is 0 Å². The number of nitrogens with zero attached hydrogens (tertiary/aromatic N) is 2. The summed E-state index contributed by atoms with van der Waals surface area (Å²) in [6, 6.07) is 11.9. The molecule has 23 heavy (non-hydrogen) atoms. The molecule has 2 aromatic heterocycles. The summed E-state index contributed by atoms with van der Waals surface area (Å²) in [5, 5.41) is 3.08. The van der Waals surface area contributed by atoms with Crippen molar-refractivity contribution in [2.75, 3.05) is 0 Å². The molecule has 0 saturated carbocycles. The lowest BCUT2D eigenvalue weighted by Crippen LogP contribution is -2.27. The molecule has 118 valence electrons. The highest BCUT2D eigenvalue weighted by Crippen LogP contribution is 2.19. The second kappa shape index (κ2) is 5.88. The third kappa shape index (κ3) is 2.84. The Morgan fingerprint density at radius 1 is 1.17 bits per heavy atom. The first-order valence-electron chi connectivity index (χ1n) is 7.79. The van der Waals surface area contributed by atoms with Gasteiger partial charge in [-0.1, -0.05) is 24.3 Å². The number of nitrogens with one attached hydrogen (secondary N) is 1. The average Bonchev–Trinajstić information content (AvgIpc) is 2.91. The third-order valence-electron chi connectivity index (χ3n) is 4.19. The predicted octanol–water partition coefficient (Wildman–Crippen LogP) is 3.75. The van der Waals surface area contributed by atoms with Crippen LogP contribution in [0, 0.1) is 20.8 Å². The van der Waals surface area contributed by atoms with Crippen molar-refractivity contribution in [3.05, 3.63) is 70.7 Å². The number of carbonyl (C=O) groups is 1. The zero-order chi connectivity index (χ0) is 16.6. The van der Waals surface area contributed by atoms with E-state index in [2.05, 4.69) is 23.3 Å². The van der Waals surface area contributed by atoms with Gasteiger partial charge in [0.15, 0.2) is 0 Å². The minimum atomic E-state index is -0.0965. The van der Waals surface area contributed by atoms with Crippen LogP contribution in [0.15, 0.2) is 42.6 Å². The van der Waals surface area contributed by atoms with Gasteiger partial charge in [-0.15, -0.1) is 0 Å². The highest BCUT2D eigenvalue weighted by atomic mass is 16.1. The second-order valence-electron chi connectivity index (χ2n) is 6.01. The molecule has 0 aliphatic heterocycles. The van der Waals surface area contributed by atoms with Crippen molar-refractivity contribution in [1.29, 1.82) is 0 Å². The third-order valence-corrected chi connectivity index (χ3v) is 4.19. The molecule has 0 saturated heterocycles. The highest BCUT2D eigenvalue weighted by molar-refractivity contribution is 6.00. The van der Waals surface area contributed by atoms with Crippen LogP contribution in [0.25, 0.3) is 5.65 Å². The molecule has 0 fully saturated rings. The molecule has 0 unspecified atom stereocenters. The first-order chi connectivity index (χ1) is 11.0. The molecule has 1 amide bonds. The Labute approximate surface area is 136 Å². The van der Waals surface area contributed by atoms with E-state index < -0.39 is 0 Å². The molecule has 1 atom stereocenters. The molecule has 4 nitrogen and oxygen atoms in total. The molecular formula is C19H21N3O. The number of hydrogen-bond donors (Lipinski definition) is 1. The van der Waals surface area contributed by atoms with Gasteiger partial charge in [-0.2, -0.15) is 0 Å². The quantitative estimate of drug-likeness (QED) is 0.801. The molecule has 3 aromatic rings. The fourth-order valence-corrected chi connectivity index (χ4v) is 3.00. The smallest absolute Gasteiger partial charge is 0.255 e. The van der Waals surface area contributed by atoms with Crippen LogP contribution >= 0.6 is 0 Å². The van der Waals surface area contributed by atoms with Crippen LogP contribution in [0.4, 0.5) is 0 Å². The molecule has 0 spiro atoms. The monoisotopic (exact) mass is 307 g/mol. The SMILES string of the molecule is Cc1cc(C)n2ccc(C(=O)N[C@H](C)c3ccccc3C)c2n1. The molecule has 1 N–H and O–H groups in total. The van der Waals surface area contributed by atoms with Crippen molar-refractivity contribution in [3.8, 4) is 0 Å². The van der Waals surface area contributed by atoms with Gasteiger partial charge in [-0.25, -0.2) is 4.98 Å². The summed E-state index contributed by atoms with van der Waals surface area (Å²) in [6.07, 6.45) is 1.89. The number of hydrogen-bond acceptors (Lipinski definition) is 2. The number of carbonyl (C=O) groups excluding carboxylic acids is 1. The van der Waals surface area contributed by atoms with E-state index in [0.717, 1.165) is 17.0 Å². The van der Waals surface area contributed by atoms with Crippen molar-refractivity contribution in [2.24, 2.45) is 0 Å². The van der Waals surface area contributed by atoms with Gasteiger partial charge in [0, 0.05) is 17.6 Å². The molecule has 0 bridgehead atoms. The van der Waals surface area contributed by atoms with Crippen molar-refractivity contribution in [1.82, 2.24) is 14.7 Å². The summed E-state index contributed by atoms with van der Waals surface area (Å²) in [5.74, 6) is -0.0965. The number of rotatable bonds is 3. The van der Waals surface area contributed by atoms with Gasteiger partial charge >= 0.3 is 0 Å². The van der Waals surface area contributed by atoms with Crippen LogP contribution < -0.4 is 5.32 Å². The number of fused-ring (bicyclic) bond motifs is 1. The normalized spacial score (nSPS) is 12.3. The van der Waals surface area contributed by atoms with Crippen LogP contribution in [-0.2, 0) is 0 Å². The molecular weight excluding hydrogens is 286 g/mol. The molecule has 4 heteroatoms. The van der Waals surface area contributed by atoms with Crippen LogP contribution in [0.1, 0.15) is 45.8 Å². The maximum Gasteiger partial charge on any atom is 0.255 e. The van der Waals surface area contributed by atoms with Crippen molar-refractivity contribution in [3.63, 3.8) is 0 Å². The summed E-state index contributed by atoms with van der Waals surface area (Å²) >= 11 is 0. The number of benzene rings is 1. The van der Waals surface area contributed by atoms with Crippen molar-refractivity contribution >= 4 is 11.6 Å². The molecule has 3 rings (SSSR count). The minimum Gasteiger partial charge on any atom is -0.345 e. The zero-order valence-corrected chi connectivity index (χ0v) is 13.9. The fourth-order valence-electron chi connectivity index (χ4n) is 3.00. The summed E-state index contributed by atoms with van der Waals surface area (Å²) in [6.45, 7) is 8.01. The summed E-state index contributed by atoms with van der Waals surface area (Å²) < 4.78 is 1.94. The molecule has 0 radical (unpaired) electrons. The van der Waals surface area contributed by atoms with E-state index in [9.17, 15) is 4.79 Å². The van der Waals surface area contributed by atoms with E-state index in [4.69, 9.17) is 0 Å². The van der Waals surface area contributed by atoms with Gasteiger partial charge in [0.2, 0.25) is 0 Å². The van der Waals surface area contributed by atoms with Crippen molar-refractivity contribution in [2.45, 2.75) is 33.7 Å². The highest BCUT2D eigenvalue weighted by Gasteiger charge is 2.17. The zero-order valence-electron chi connectivity index (χ0n) is 13.9. The van der Waals surface area contributed by atoms with Crippen LogP contribution in [0.5, 0.6) is 0 Å². The lowest BCUT2D eigenvalue weighted by Gasteiger charge is -2.16. The number of amides is 1. The minimum absolute atomic E-state index is 0.0513. The molecule has 2 heterocycles. The maximum absolute atomic E-state index is 12.7.